The number of benzene rings is 1. The Kier molecular flexibility index (Phi) is 5.58. The fraction of sp³-hybridized carbons (Fsp3) is 0.391. The van der Waals surface area contributed by atoms with Gasteiger partial charge >= 0.3 is 6.03 Å². The first-order chi connectivity index (χ1) is 15.2. The highest BCUT2D eigenvalue weighted by Gasteiger charge is 2.34. The molecule has 0 radical (unpaired) electrons. The lowest BCUT2D eigenvalue weighted by atomic mass is 10.1. The average Bonchev–Trinajstić information content (AvgIpc) is 3.03. The Morgan fingerprint density at radius 3 is 2.28 bits per heavy atom. The van der Waals surface area contributed by atoms with Crippen LogP contribution in [0.1, 0.15) is 27.2 Å². The molecule has 0 spiro atoms. The van der Waals surface area contributed by atoms with Crippen LogP contribution in [0.2, 0.25) is 0 Å². The number of imide groups is 1. The maximum atomic E-state index is 14.8. The van der Waals surface area contributed by atoms with Crippen LogP contribution >= 0.6 is 0 Å². The number of carbonyl (C=O) groups excluding carboxylic acids is 3. The molecule has 3 heterocycles. The summed E-state index contributed by atoms with van der Waals surface area (Å²) in [6.45, 7) is 8.03. The number of likely N-dealkylation sites (N-methyl/N-ethyl adjacent to an activating group) is 1. The van der Waals surface area contributed by atoms with Crippen molar-refractivity contribution in [2.45, 2.75) is 20.8 Å². The smallest absolute Gasteiger partial charge is 0.331 e. The second-order valence-corrected chi connectivity index (χ2v) is 8.30. The number of anilines is 2. The van der Waals surface area contributed by atoms with E-state index >= 15 is 0 Å². The molecule has 168 valence electrons. The Morgan fingerprint density at radius 2 is 1.69 bits per heavy atom. The Labute approximate surface area is 186 Å². The van der Waals surface area contributed by atoms with Crippen LogP contribution in [0.25, 0.3) is 0 Å². The number of piperazine rings is 1. The number of aromatic nitrogens is 1. The molecule has 9 heteroatoms. The first kappa shape index (κ1) is 21.7. The molecule has 2 aromatic rings. The van der Waals surface area contributed by atoms with Crippen LogP contribution in [0.4, 0.5) is 20.7 Å². The second-order valence-electron chi connectivity index (χ2n) is 8.30. The number of nitrogens with zero attached hydrogens (tertiary/aromatic N) is 5. The lowest BCUT2D eigenvalue weighted by Gasteiger charge is -2.36. The zero-order valence-electron chi connectivity index (χ0n) is 18.7. The van der Waals surface area contributed by atoms with E-state index in [0.29, 0.717) is 26.2 Å². The van der Waals surface area contributed by atoms with Gasteiger partial charge in [-0.25, -0.2) is 14.2 Å². The van der Waals surface area contributed by atoms with Gasteiger partial charge in [-0.2, -0.15) is 0 Å². The van der Waals surface area contributed by atoms with Crippen LogP contribution in [0.5, 0.6) is 0 Å². The molecule has 2 aliphatic heterocycles. The minimum absolute atomic E-state index is 0.0472. The lowest BCUT2D eigenvalue weighted by Crippen LogP contribution is -2.49. The number of urea groups is 1. The third-order valence-corrected chi connectivity index (χ3v) is 6.18. The molecule has 0 N–H and O–H groups in total. The van der Waals surface area contributed by atoms with Gasteiger partial charge in [-0.1, -0.05) is 6.07 Å². The van der Waals surface area contributed by atoms with E-state index in [-0.39, 0.29) is 29.6 Å². The van der Waals surface area contributed by atoms with Gasteiger partial charge in [0, 0.05) is 44.6 Å². The van der Waals surface area contributed by atoms with Gasteiger partial charge in [0.2, 0.25) is 5.91 Å². The van der Waals surface area contributed by atoms with E-state index in [9.17, 15) is 18.8 Å². The van der Waals surface area contributed by atoms with E-state index in [4.69, 9.17) is 4.98 Å². The van der Waals surface area contributed by atoms with Gasteiger partial charge < -0.3 is 9.80 Å². The monoisotopic (exact) mass is 439 g/mol. The van der Waals surface area contributed by atoms with E-state index in [1.54, 1.807) is 4.90 Å². The van der Waals surface area contributed by atoms with Crippen molar-refractivity contribution in [1.29, 1.82) is 0 Å². The van der Waals surface area contributed by atoms with Crippen molar-refractivity contribution in [3.8, 4) is 0 Å². The molecule has 0 atom stereocenters. The van der Waals surface area contributed by atoms with Crippen LogP contribution in [-0.4, -0.2) is 72.4 Å². The van der Waals surface area contributed by atoms with Crippen molar-refractivity contribution in [3.63, 3.8) is 0 Å². The minimum atomic E-state index is -0.712. The van der Waals surface area contributed by atoms with Crippen molar-refractivity contribution in [2.75, 3.05) is 49.6 Å². The summed E-state index contributed by atoms with van der Waals surface area (Å²) in [5.74, 6) is -0.539. The number of rotatable bonds is 3. The average molecular weight is 439 g/mol. The summed E-state index contributed by atoms with van der Waals surface area (Å²) in [5, 5.41) is 0. The molecular weight excluding hydrogens is 413 g/mol. The van der Waals surface area contributed by atoms with Crippen molar-refractivity contribution < 1.29 is 18.8 Å². The Balaban J connectivity index is 1.45. The van der Waals surface area contributed by atoms with Crippen LogP contribution in [-0.2, 0) is 4.79 Å². The highest BCUT2D eigenvalue weighted by atomic mass is 19.1. The number of hydrogen-bond acceptors (Lipinski definition) is 5. The molecule has 2 fully saturated rings. The number of pyridine rings is 1. The zero-order chi connectivity index (χ0) is 23.2. The third kappa shape index (κ3) is 3.79. The second kappa shape index (κ2) is 8.22. The highest BCUT2D eigenvalue weighted by molar-refractivity contribution is 6.12. The molecule has 2 aliphatic rings. The SMILES string of the molecule is Cc1cc(C)c(N2CCN(C(=O)c3ccc(N4CC(=O)N(C)C4=O)cc3F)CC2)nc1C. The molecule has 0 unspecified atom stereocenters. The number of aryl methyl sites for hydroxylation is 3. The summed E-state index contributed by atoms with van der Waals surface area (Å²) >= 11 is 0. The van der Waals surface area contributed by atoms with Crippen LogP contribution in [0, 0.1) is 26.6 Å². The molecule has 4 amide bonds. The fourth-order valence-electron chi connectivity index (χ4n) is 4.08. The van der Waals surface area contributed by atoms with Gasteiger partial charge in [0.1, 0.15) is 18.2 Å². The molecule has 1 aromatic carbocycles. The fourth-order valence-corrected chi connectivity index (χ4v) is 4.08. The predicted octanol–water partition coefficient (Wildman–Crippen LogP) is 2.51. The van der Waals surface area contributed by atoms with Crippen LogP contribution in [0.3, 0.4) is 0 Å². The third-order valence-electron chi connectivity index (χ3n) is 6.18. The summed E-state index contributed by atoms with van der Waals surface area (Å²) in [6, 6.07) is 5.61. The van der Waals surface area contributed by atoms with Crippen molar-refractivity contribution in [3.05, 3.63) is 52.5 Å². The summed E-state index contributed by atoms with van der Waals surface area (Å²) in [7, 11) is 1.38. The minimum Gasteiger partial charge on any atom is -0.353 e. The van der Waals surface area contributed by atoms with E-state index in [1.807, 2.05) is 20.8 Å². The van der Waals surface area contributed by atoms with E-state index in [1.165, 1.54) is 24.1 Å². The number of halogens is 1. The quantitative estimate of drug-likeness (QED) is 0.687. The molecule has 0 aliphatic carbocycles. The van der Waals surface area contributed by atoms with Crippen molar-refractivity contribution in [2.24, 2.45) is 0 Å². The van der Waals surface area contributed by atoms with Gasteiger partial charge in [-0.3, -0.25) is 19.4 Å². The lowest BCUT2D eigenvalue weighted by molar-refractivity contribution is -0.123. The van der Waals surface area contributed by atoms with Crippen molar-refractivity contribution in [1.82, 2.24) is 14.8 Å². The Bertz CT molecular complexity index is 1110. The maximum Gasteiger partial charge on any atom is 0.331 e. The molecule has 4 rings (SSSR count). The maximum absolute atomic E-state index is 14.8. The van der Waals surface area contributed by atoms with Gasteiger partial charge in [-0.05, 0) is 50.1 Å². The molecule has 0 bridgehead atoms. The molecule has 8 nitrogen and oxygen atoms in total. The summed E-state index contributed by atoms with van der Waals surface area (Å²) in [4.78, 5) is 47.5. The van der Waals surface area contributed by atoms with Crippen LogP contribution < -0.4 is 9.80 Å². The summed E-state index contributed by atoms with van der Waals surface area (Å²) in [6.07, 6.45) is 0. The van der Waals surface area contributed by atoms with Gasteiger partial charge in [0.25, 0.3) is 5.91 Å². The molecular formula is C23H26FN5O3. The first-order valence-electron chi connectivity index (χ1n) is 10.5. The number of hydrogen-bond donors (Lipinski definition) is 0. The number of amides is 4. The van der Waals surface area contributed by atoms with E-state index in [0.717, 1.165) is 33.6 Å². The van der Waals surface area contributed by atoms with Gasteiger partial charge in [-0.15, -0.1) is 0 Å². The molecule has 1 aromatic heterocycles. The topological polar surface area (TPSA) is 77.1 Å². The Morgan fingerprint density at radius 1 is 1.00 bits per heavy atom. The normalized spacial score (nSPS) is 16.9. The predicted molar refractivity (Wildman–Crippen MR) is 118 cm³/mol. The van der Waals surface area contributed by atoms with E-state index in [2.05, 4.69) is 11.0 Å². The van der Waals surface area contributed by atoms with Gasteiger partial charge in [0.15, 0.2) is 0 Å². The molecule has 0 saturated carbocycles. The standard InChI is InChI=1S/C23H26FN5O3/c1-14-11-15(2)21(25-16(14)3)27-7-9-28(10-8-27)22(31)18-6-5-17(12-19(18)24)29-13-20(30)26(4)23(29)32/h5-6,11-12H,7-10,13H2,1-4H3. The zero-order valence-corrected chi connectivity index (χ0v) is 18.7. The molecule has 2 saturated heterocycles. The highest BCUT2D eigenvalue weighted by Crippen LogP contribution is 2.25. The Hall–Kier alpha value is -3.49. The van der Waals surface area contributed by atoms with Gasteiger partial charge in [0.05, 0.1) is 5.56 Å². The molecule has 32 heavy (non-hydrogen) atoms. The number of carbonyl (C=O) groups is 3. The summed E-state index contributed by atoms with van der Waals surface area (Å²) in [5.41, 5.74) is 3.42. The first-order valence-corrected chi connectivity index (χ1v) is 10.5. The van der Waals surface area contributed by atoms with E-state index < -0.39 is 11.8 Å². The summed E-state index contributed by atoms with van der Waals surface area (Å²) < 4.78 is 14.8. The van der Waals surface area contributed by atoms with Crippen molar-refractivity contribution >= 4 is 29.4 Å². The van der Waals surface area contributed by atoms with Crippen LogP contribution in [0.15, 0.2) is 24.3 Å². The largest absolute Gasteiger partial charge is 0.353 e.